The Balaban J connectivity index is 1.58. The monoisotopic (exact) mass is 469 g/mol. The first-order chi connectivity index (χ1) is 14.9. The molecule has 31 heavy (non-hydrogen) atoms. The maximum absolute atomic E-state index is 13.4. The molecule has 1 aliphatic carbocycles. The fourth-order valence-electron chi connectivity index (χ4n) is 4.00. The van der Waals surface area contributed by atoms with E-state index in [0.29, 0.717) is 5.02 Å². The lowest BCUT2D eigenvalue weighted by Crippen LogP contribution is -2.30. The van der Waals surface area contributed by atoms with Crippen LogP contribution in [0.15, 0.2) is 94.7 Å². The second kappa shape index (κ2) is 7.95. The van der Waals surface area contributed by atoms with E-state index in [1.165, 1.54) is 36.0 Å². The van der Waals surface area contributed by atoms with Crippen LogP contribution in [0.4, 0.5) is 4.39 Å². The lowest BCUT2D eigenvalue weighted by molar-refractivity contribution is 0.557. The maximum Gasteiger partial charge on any atom is 0.241 e. The van der Waals surface area contributed by atoms with Gasteiger partial charge in [0.1, 0.15) is 5.82 Å². The average molecular weight is 470 g/mol. The zero-order valence-corrected chi connectivity index (χ0v) is 18.5. The summed E-state index contributed by atoms with van der Waals surface area (Å²) in [5, 5.41) is 2.40. The average Bonchev–Trinajstić information content (AvgIpc) is 3.04. The molecule has 0 fully saturated rings. The number of sulfonamides is 1. The van der Waals surface area contributed by atoms with E-state index < -0.39 is 16.1 Å². The molecule has 2 atom stereocenters. The van der Waals surface area contributed by atoms with E-state index in [1.54, 1.807) is 24.3 Å². The highest BCUT2D eigenvalue weighted by Crippen LogP contribution is 2.53. The summed E-state index contributed by atoms with van der Waals surface area (Å²) in [6.45, 7) is 0. The van der Waals surface area contributed by atoms with Crippen LogP contribution in [0.5, 0.6) is 0 Å². The summed E-state index contributed by atoms with van der Waals surface area (Å²) in [5.74, 6) is -0.304. The van der Waals surface area contributed by atoms with Gasteiger partial charge in [-0.25, -0.2) is 17.5 Å². The number of halogens is 2. The van der Waals surface area contributed by atoms with Gasteiger partial charge < -0.3 is 0 Å². The second-order valence-electron chi connectivity index (χ2n) is 7.34. The summed E-state index contributed by atoms with van der Waals surface area (Å²) in [7, 11) is -3.79. The van der Waals surface area contributed by atoms with Gasteiger partial charge in [0.2, 0.25) is 10.0 Å². The van der Waals surface area contributed by atoms with E-state index in [4.69, 9.17) is 11.6 Å². The Kier molecular flexibility index (Phi) is 5.26. The second-order valence-corrected chi connectivity index (χ2v) is 10.7. The Morgan fingerprint density at radius 2 is 1.48 bits per heavy atom. The smallest absolute Gasteiger partial charge is 0.207 e. The van der Waals surface area contributed by atoms with Crippen molar-refractivity contribution in [3.05, 3.63) is 107 Å². The first kappa shape index (κ1) is 20.5. The fourth-order valence-corrected chi connectivity index (χ4v) is 6.70. The highest BCUT2D eigenvalue weighted by atomic mass is 35.5. The number of thioether (sulfide) groups is 1. The lowest BCUT2D eigenvalue weighted by Gasteiger charge is -2.23. The summed E-state index contributed by atoms with van der Waals surface area (Å²) in [6, 6.07) is 23.9. The first-order valence-corrected chi connectivity index (χ1v) is 12.4. The van der Waals surface area contributed by atoms with Crippen molar-refractivity contribution >= 4 is 44.2 Å². The summed E-state index contributed by atoms with van der Waals surface area (Å²) >= 11 is 7.45. The number of nitrogens with one attached hydrogen (secondary N) is 1. The van der Waals surface area contributed by atoms with Gasteiger partial charge in [-0.15, -0.1) is 11.8 Å². The Morgan fingerprint density at radius 3 is 2.16 bits per heavy atom. The minimum atomic E-state index is -3.79. The summed E-state index contributed by atoms with van der Waals surface area (Å²) in [6.07, 6.45) is 0. The molecule has 0 aliphatic heterocycles. The van der Waals surface area contributed by atoms with Crippen LogP contribution in [-0.2, 0) is 10.0 Å². The maximum atomic E-state index is 13.4. The molecule has 0 radical (unpaired) electrons. The van der Waals surface area contributed by atoms with Crippen LogP contribution in [0.1, 0.15) is 22.4 Å². The molecule has 7 heteroatoms. The minimum Gasteiger partial charge on any atom is -0.207 e. The van der Waals surface area contributed by atoms with Crippen LogP contribution in [0.2, 0.25) is 5.02 Å². The highest BCUT2D eigenvalue weighted by Gasteiger charge is 2.37. The van der Waals surface area contributed by atoms with Crippen molar-refractivity contribution in [3.63, 3.8) is 0 Å². The van der Waals surface area contributed by atoms with Crippen molar-refractivity contribution in [2.45, 2.75) is 21.1 Å². The third-order valence-corrected chi connectivity index (χ3v) is 8.43. The van der Waals surface area contributed by atoms with Gasteiger partial charge in [-0.2, -0.15) is 0 Å². The molecule has 0 aromatic heterocycles. The van der Waals surface area contributed by atoms with E-state index in [1.807, 2.05) is 36.4 Å². The number of hydrogen-bond acceptors (Lipinski definition) is 3. The van der Waals surface area contributed by atoms with Crippen LogP contribution in [0.3, 0.4) is 0 Å². The van der Waals surface area contributed by atoms with E-state index in [-0.39, 0.29) is 16.0 Å². The minimum absolute atomic E-state index is 0.158. The van der Waals surface area contributed by atoms with Gasteiger partial charge in [-0.1, -0.05) is 48.0 Å². The molecule has 0 bridgehead atoms. The van der Waals surface area contributed by atoms with Crippen LogP contribution in [0, 0.1) is 5.82 Å². The van der Waals surface area contributed by atoms with Crippen molar-refractivity contribution in [2.24, 2.45) is 0 Å². The standard InChI is InChI=1S/C24H17ClFNO2S2/c25-16-7-13-19(14-8-16)31(28,29)27-23-20-5-1-3-15-4-2-6-21(22(15)20)24(23)30-18-11-9-17(26)10-12-18/h1-14,23-24,27H/t23-,24+/m1/s1. The third kappa shape index (κ3) is 3.85. The summed E-state index contributed by atoms with van der Waals surface area (Å²) in [5.41, 5.74) is 2.00. The lowest BCUT2D eigenvalue weighted by atomic mass is 10.1. The van der Waals surface area contributed by atoms with Crippen LogP contribution >= 0.6 is 23.4 Å². The van der Waals surface area contributed by atoms with Crippen molar-refractivity contribution in [1.82, 2.24) is 4.72 Å². The molecule has 4 aromatic carbocycles. The number of hydrogen-bond donors (Lipinski definition) is 1. The van der Waals surface area contributed by atoms with Gasteiger partial charge in [-0.3, -0.25) is 0 Å². The first-order valence-electron chi connectivity index (χ1n) is 9.64. The predicted octanol–water partition coefficient (Wildman–Crippen LogP) is 6.50. The van der Waals surface area contributed by atoms with Gasteiger partial charge in [0.25, 0.3) is 0 Å². The normalized spacial score (nSPS) is 17.9. The molecule has 4 aromatic rings. The summed E-state index contributed by atoms with van der Waals surface area (Å²) in [4.78, 5) is 1.03. The Morgan fingerprint density at radius 1 is 0.839 bits per heavy atom. The fraction of sp³-hybridized carbons (Fsp3) is 0.0833. The van der Waals surface area contributed by atoms with Gasteiger partial charge >= 0.3 is 0 Å². The van der Waals surface area contributed by atoms with E-state index in [9.17, 15) is 12.8 Å². The number of rotatable bonds is 5. The number of benzene rings is 4. The molecule has 156 valence electrons. The Bertz CT molecular complexity index is 1370. The van der Waals surface area contributed by atoms with Crippen LogP contribution < -0.4 is 4.72 Å². The van der Waals surface area contributed by atoms with E-state index in [0.717, 1.165) is 26.8 Å². The van der Waals surface area contributed by atoms with Crippen molar-refractivity contribution < 1.29 is 12.8 Å². The molecular formula is C24H17ClFNO2S2. The molecule has 0 heterocycles. The molecule has 5 rings (SSSR count). The zero-order chi connectivity index (χ0) is 21.6. The molecule has 0 saturated heterocycles. The molecule has 3 nitrogen and oxygen atoms in total. The third-order valence-electron chi connectivity index (χ3n) is 5.40. The highest BCUT2D eigenvalue weighted by molar-refractivity contribution is 7.99. The molecular weight excluding hydrogens is 453 g/mol. The molecule has 0 spiro atoms. The molecule has 0 unspecified atom stereocenters. The largest absolute Gasteiger partial charge is 0.241 e. The SMILES string of the molecule is O=S(=O)(N[C@@H]1c2cccc3cccc(c23)[C@@H]1Sc1ccc(F)cc1)c1ccc(Cl)cc1. The molecule has 1 aliphatic rings. The van der Waals surface area contributed by atoms with Crippen molar-refractivity contribution in [1.29, 1.82) is 0 Å². The Hall–Kier alpha value is -2.38. The van der Waals surface area contributed by atoms with Gasteiger partial charge in [0.15, 0.2) is 0 Å². The van der Waals surface area contributed by atoms with Gasteiger partial charge in [-0.05, 0) is 70.4 Å². The predicted molar refractivity (Wildman–Crippen MR) is 123 cm³/mol. The molecule has 0 amide bonds. The summed E-state index contributed by atoms with van der Waals surface area (Å²) < 4.78 is 42.7. The van der Waals surface area contributed by atoms with Crippen LogP contribution in [-0.4, -0.2) is 8.42 Å². The van der Waals surface area contributed by atoms with Crippen molar-refractivity contribution in [2.75, 3.05) is 0 Å². The molecule has 1 N–H and O–H groups in total. The topological polar surface area (TPSA) is 46.2 Å². The quantitative estimate of drug-likeness (QED) is 0.363. The van der Waals surface area contributed by atoms with E-state index in [2.05, 4.69) is 4.72 Å². The Labute approximate surface area is 189 Å². The molecule has 0 saturated carbocycles. The van der Waals surface area contributed by atoms with Gasteiger partial charge in [0, 0.05) is 9.92 Å². The van der Waals surface area contributed by atoms with Crippen LogP contribution in [0.25, 0.3) is 10.8 Å². The van der Waals surface area contributed by atoms with Crippen molar-refractivity contribution in [3.8, 4) is 0 Å². The van der Waals surface area contributed by atoms with Gasteiger partial charge in [0.05, 0.1) is 16.2 Å². The zero-order valence-electron chi connectivity index (χ0n) is 16.1. The van der Waals surface area contributed by atoms with E-state index >= 15 is 0 Å².